The molecule has 3 aromatic carbocycles. The summed E-state index contributed by atoms with van der Waals surface area (Å²) in [7, 11) is -3.60. The molecular formula is C33H41Cl2N3O4S. The van der Waals surface area contributed by atoms with Gasteiger partial charge in [-0.05, 0) is 66.6 Å². The summed E-state index contributed by atoms with van der Waals surface area (Å²) in [6.45, 7) is 8.51. The summed E-state index contributed by atoms with van der Waals surface area (Å²) in [6.07, 6.45) is 1.79. The zero-order chi connectivity index (χ0) is 31.7. The van der Waals surface area contributed by atoms with Gasteiger partial charge in [-0.3, -0.25) is 13.9 Å². The Bertz CT molecular complexity index is 1510. The van der Waals surface area contributed by atoms with E-state index in [1.54, 1.807) is 23.1 Å². The van der Waals surface area contributed by atoms with Gasteiger partial charge in [0.25, 0.3) is 0 Å². The summed E-state index contributed by atoms with van der Waals surface area (Å²) in [5, 5.41) is 3.75. The number of halogens is 2. The molecule has 0 bridgehead atoms. The van der Waals surface area contributed by atoms with Crippen molar-refractivity contribution in [1.29, 1.82) is 0 Å². The lowest BCUT2D eigenvalue weighted by molar-refractivity contribution is -0.141. The van der Waals surface area contributed by atoms with Gasteiger partial charge >= 0.3 is 0 Å². The third-order valence-corrected chi connectivity index (χ3v) is 9.00. The number of carbonyl (C=O) groups is 2. The number of anilines is 1. The minimum Gasteiger partial charge on any atom is -0.354 e. The molecule has 2 amide bonds. The van der Waals surface area contributed by atoms with Crippen molar-refractivity contribution in [2.24, 2.45) is 5.92 Å². The number of nitrogens with zero attached hydrogens (tertiary/aromatic N) is 2. The van der Waals surface area contributed by atoms with E-state index >= 15 is 0 Å². The van der Waals surface area contributed by atoms with Crippen LogP contribution in [0.4, 0.5) is 5.69 Å². The Morgan fingerprint density at radius 2 is 1.60 bits per heavy atom. The van der Waals surface area contributed by atoms with E-state index < -0.39 is 16.1 Å². The summed E-state index contributed by atoms with van der Waals surface area (Å²) in [6, 6.07) is 19.6. The van der Waals surface area contributed by atoms with Crippen LogP contribution in [0.25, 0.3) is 0 Å². The van der Waals surface area contributed by atoms with Gasteiger partial charge in [-0.25, -0.2) is 8.42 Å². The lowest BCUT2D eigenvalue weighted by Gasteiger charge is -2.32. The molecule has 43 heavy (non-hydrogen) atoms. The van der Waals surface area contributed by atoms with Crippen LogP contribution in [0, 0.1) is 19.8 Å². The average Bonchev–Trinajstić information content (AvgIpc) is 2.94. The molecule has 0 heterocycles. The van der Waals surface area contributed by atoms with E-state index in [0.29, 0.717) is 28.7 Å². The van der Waals surface area contributed by atoms with Gasteiger partial charge in [-0.1, -0.05) is 85.6 Å². The van der Waals surface area contributed by atoms with E-state index in [9.17, 15) is 18.0 Å². The van der Waals surface area contributed by atoms with E-state index in [2.05, 4.69) is 5.32 Å². The SMILES string of the molecule is Cc1ccc(C)c(N(CCCC(=O)N(Cc2ccc(Cl)c(Cl)c2)[C@@H](Cc2ccccc2)C(=O)NCC(C)C)S(C)(=O)=O)c1. The molecule has 0 radical (unpaired) electrons. The van der Waals surface area contributed by atoms with Crippen LogP contribution in [0.15, 0.2) is 66.7 Å². The molecule has 0 aliphatic carbocycles. The standard InChI is InChI=1S/C33H41Cl2N3O4S/c1-23(2)21-36-33(40)31(20-26-10-7-6-8-11-26)37(22-27-15-16-28(34)29(35)19-27)32(39)12-9-17-38(43(5,41)42)30-18-24(3)13-14-25(30)4/h6-8,10-11,13-16,18-19,23,31H,9,12,17,20-22H2,1-5H3,(H,36,40)/t31-/m0/s1. The molecule has 3 rings (SSSR count). The third kappa shape index (κ3) is 10.3. The van der Waals surface area contributed by atoms with Crippen molar-refractivity contribution < 1.29 is 18.0 Å². The van der Waals surface area contributed by atoms with Gasteiger partial charge in [0, 0.05) is 32.5 Å². The van der Waals surface area contributed by atoms with Gasteiger partial charge in [0.05, 0.1) is 22.0 Å². The third-order valence-electron chi connectivity index (χ3n) is 7.08. The Morgan fingerprint density at radius 3 is 2.23 bits per heavy atom. The van der Waals surface area contributed by atoms with Gasteiger partial charge in [0.1, 0.15) is 6.04 Å². The van der Waals surface area contributed by atoms with Gasteiger partial charge in [0.15, 0.2) is 0 Å². The number of amides is 2. The summed E-state index contributed by atoms with van der Waals surface area (Å²) >= 11 is 12.4. The maximum absolute atomic E-state index is 14.0. The Kier molecular flexibility index (Phi) is 12.5. The number of hydrogen-bond acceptors (Lipinski definition) is 4. The molecule has 0 aromatic heterocycles. The van der Waals surface area contributed by atoms with Gasteiger partial charge in [-0.15, -0.1) is 0 Å². The van der Waals surface area contributed by atoms with Crippen LogP contribution in [0.5, 0.6) is 0 Å². The first-order valence-electron chi connectivity index (χ1n) is 14.4. The topological polar surface area (TPSA) is 86.8 Å². The fraction of sp³-hybridized carbons (Fsp3) is 0.394. The van der Waals surface area contributed by atoms with E-state index in [4.69, 9.17) is 23.2 Å². The summed E-state index contributed by atoms with van der Waals surface area (Å²) in [4.78, 5) is 29.2. The molecule has 0 unspecified atom stereocenters. The number of nitrogens with one attached hydrogen (secondary N) is 1. The second-order valence-corrected chi connectivity index (χ2v) is 14.1. The fourth-order valence-electron chi connectivity index (χ4n) is 4.78. The molecule has 0 saturated carbocycles. The van der Waals surface area contributed by atoms with Gasteiger partial charge in [-0.2, -0.15) is 0 Å². The number of hydrogen-bond donors (Lipinski definition) is 1. The van der Waals surface area contributed by atoms with Gasteiger partial charge in [0.2, 0.25) is 21.8 Å². The lowest BCUT2D eigenvalue weighted by Crippen LogP contribution is -2.51. The molecule has 3 aromatic rings. The molecule has 0 fully saturated rings. The first-order chi connectivity index (χ1) is 20.3. The smallest absolute Gasteiger partial charge is 0.243 e. The quantitative estimate of drug-likeness (QED) is 0.215. The second-order valence-electron chi connectivity index (χ2n) is 11.3. The predicted molar refractivity (Wildman–Crippen MR) is 176 cm³/mol. The summed E-state index contributed by atoms with van der Waals surface area (Å²) in [5.41, 5.74) is 4.00. The zero-order valence-electron chi connectivity index (χ0n) is 25.4. The van der Waals surface area contributed by atoms with Crippen LogP contribution in [-0.4, -0.2) is 50.5 Å². The van der Waals surface area contributed by atoms with Crippen molar-refractivity contribution in [2.45, 2.75) is 59.5 Å². The molecule has 0 aliphatic rings. The van der Waals surface area contributed by atoms with Crippen LogP contribution in [0.3, 0.4) is 0 Å². The molecule has 1 N–H and O–H groups in total. The van der Waals surface area contributed by atoms with E-state index in [1.165, 1.54) is 10.6 Å². The maximum atomic E-state index is 14.0. The first-order valence-corrected chi connectivity index (χ1v) is 17.0. The van der Waals surface area contributed by atoms with Crippen molar-refractivity contribution in [1.82, 2.24) is 10.2 Å². The normalized spacial score (nSPS) is 12.2. The molecule has 0 spiro atoms. The average molecular weight is 647 g/mol. The van der Waals surface area contributed by atoms with Crippen molar-refractivity contribution >= 4 is 50.7 Å². The van der Waals surface area contributed by atoms with Crippen LogP contribution >= 0.6 is 23.2 Å². The number of sulfonamides is 1. The number of benzene rings is 3. The monoisotopic (exact) mass is 645 g/mol. The van der Waals surface area contributed by atoms with Crippen molar-refractivity contribution in [3.8, 4) is 0 Å². The molecule has 232 valence electrons. The number of carbonyl (C=O) groups excluding carboxylic acids is 2. The number of rotatable bonds is 14. The van der Waals surface area contributed by atoms with Crippen molar-refractivity contribution in [3.05, 3.63) is 99.0 Å². The lowest BCUT2D eigenvalue weighted by atomic mass is 10.0. The molecular weight excluding hydrogens is 605 g/mol. The van der Waals surface area contributed by atoms with Crippen molar-refractivity contribution in [3.63, 3.8) is 0 Å². The summed E-state index contributed by atoms with van der Waals surface area (Å²) in [5.74, 6) is -0.284. The highest BCUT2D eigenvalue weighted by molar-refractivity contribution is 7.92. The highest BCUT2D eigenvalue weighted by Crippen LogP contribution is 2.26. The Morgan fingerprint density at radius 1 is 0.907 bits per heavy atom. The minimum atomic E-state index is -3.60. The Balaban J connectivity index is 1.92. The minimum absolute atomic E-state index is 0.0426. The van der Waals surface area contributed by atoms with E-state index in [0.717, 1.165) is 22.3 Å². The Hall–Kier alpha value is -3.07. The zero-order valence-corrected chi connectivity index (χ0v) is 27.8. The molecule has 10 heteroatoms. The predicted octanol–water partition coefficient (Wildman–Crippen LogP) is 6.57. The number of aryl methyl sites for hydroxylation is 2. The maximum Gasteiger partial charge on any atom is 0.243 e. The molecule has 0 saturated heterocycles. The fourth-order valence-corrected chi connectivity index (χ4v) is 6.12. The highest BCUT2D eigenvalue weighted by Gasteiger charge is 2.31. The van der Waals surface area contributed by atoms with Crippen LogP contribution in [-0.2, 0) is 32.6 Å². The van der Waals surface area contributed by atoms with Crippen LogP contribution < -0.4 is 9.62 Å². The summed E-state index contributed by atoms with van der Waals surface area (Å²) < 4.78 is 26.9. The van der Waals surface area contributed by atoms with Crippen LogP contribution in [0.2, 0.25) is 10.0 Å². The van der Waals surface area contributed by atoms with Crippen molar-refractivity contribution in [2.75, 3.05) is 23.7 Å². The van der Waals surface area contributed by atoms with Crippen LogP contribution in [0.1, 0.15) is 48.9 Å². The largest absolute Gasteiger partial charge is 0.354 e. The molecule has 7 nitrogen and oxygen atoms in total. The molecule has 1 atom stereocenters. The van der Waals surface area contributed by atoms with E-state index in [1.807, 2.05) is 76.2 Å². The van der Waals surface area contributed by atoms with E-state index in [-0.39, 0.29) is 43.7 Å². The highest BCUT2D eigenvalue weighted by atomic mass is 35.5. The molecule has 0 aliphatic heterocycles. The first kappa shape index (κ1) is 34.4. The second kappa shape index (κ2) is 15.6. The van der Waals surface area contributed by atoms with Gasteiger partial charge < -0.3 is 10.2 Å². The Labute approximate surface area is 266 Å².